The molecule has 0 saturated carbocycles. The minimum atomic E-state index is -1.07. The van der Waals surface area contributed by atoms with E-state index in [2.05, 4.69) is 0 Å². The van der Waals surface area contributed by atoms with Crippen LogP contribution in [-0.2, 0) is 16.1 Å². The van der Waals surface area contributed by atoms with E-state index in [1.807, 2.05) is 0 Å². The number of likely N-dealkylation sites (tertiary alicyclic amines) is 1. The summed E-state index contributed by atoms with van der Waals surface area (Å²) in [7, 11) is 0. The van der Waals surface area contributed by atoms with Crippen molar-refractivity contribution in [3.8, 4) is 5.75 Å². The van der Waals surface area contributed by atoms with Crippen LogP contribution in [0.5, 0.6) is 5.75 Å². The predicted molar refractivity (Wildman–Crippen MR) is 113 cm³/mol. The molecule has 0 radical (unpaired) electrons. The lowest BCUT2D eigenvalue weighted by Crippen LogP contribution is -2.29. The second kappa shape index (κ2) is 8.20. The minimum Gasteiger partial charge on any atom is -0.507 e. The summed E-state index contributed by atoms with van der Waals surface area (Å²) in [5.41, 5.74) is -0.192. The molecule has 1 fully saturated rings. The van der Waals surface area contributed by atoms with Crippen LogP contribution in [0.1, 0.15) is 22.9 Å². The number of nitrogens with zero attached hydrogens (tertiary/aromatic N) is 2. The number of nitro benzene ring substituents is 1. The number of aliphatic hydroxyl groups is 1. The molecule has 0 aliphatic carbocycles. The number of rotatable bonds is 5. The number of hydrogen-bond donors (Lipinski definition) is 2. The third-order valence-corrected chi connectivity index (χ3v) is 5.37. The molecule has 1 unspecified atom stereocenters. The molecule has 4 rings (SSSR count). The summed E-state index contributed by atoms with van der Waals surface area (Å²) in [4.78, 5) is 37.5. The van der Waals surface area contributed by atoms with Crippen molar-refractivity contribution in [2.75, 3.05) is 0 Å². The highest BCUT2D eigenvalue weighted by atomic mass is 35.5. The van der Waals surface area contributed by atoms with E-state index in [0.29, 0.717) is 11.3 Å². The molecule has 2 aromatic carbocycles. The number of phenols is 1. The van der Waals surface area contributed by atoms with Crippen LogP contribution in [0, 0.1) is 10.1 Å². The Morgan fingerprint density at radius 3 is 2.59 bits per heavy atom. The number of benzene rings is 2. The number of non-ortho nitro benzene ring substituents is 1. The smallest absolute Gasteiger partial charge is 0.296 e. The number of carbonyl (C=O) groups excluding carboxylic acids is 2. The SMILES string of the molecule is O=C1C(=O)N(Cc2ccco2)C(c2ccc(O)c(Cl)c2)/C1=C(/O)c1cccc([N+](=O)[O-])c1. The van der Waals surface area contributed by atoms with Gasteiger partial charge in [0.2, 0.25) is 0 Å². The molecule has 1 aliphatic heterocycles. The summed E-state index contributed by atoms with van der Waals surface area (Å²) in [5, 5.41) is 31.9. The molecule has 1 atom stereocenters. The molecule has 1 saturated heterocycles. The molecule has 1 aromatic heterocycles. The van der Waals surface area contributed by atoms with Gasteiger partial charge in [-0.3, -0.25) is 19.7 Å². The van der Waals surface area contributed by atoms with Crippen LogP contribution in [0.15, 0.2) is 70.9 Å². The number of carbonyl (C=O) groups is 2. The molecule has 0 spiro atoms. The molecule has 3 aromatic rings. The van der Waals surface area contributed by atoms with Crippen molar-refractivity contribution in [1.29, 1.82) is 0 Å². The summed E-state index contributed by atoms with van der Waals surface area (Å²) in [6.45, 7) is -0.0769. The van der Waals surface area contributed by atoms with Crippen molar-refractivity contribution >= 4 is 34.7 Å². The van der Waals surface area contributed by atoms with Crippen LogP contribution in [0.2, 0.25) is 5.02 Å². The third-order valence-electron chi connectivity index (χ3n) is 5.06. The summed E-state index contributed by atoms with van der Waals surface area (Å²) in [6.07, 6.45) is 1.42. The number of nitro groups is 1. The maximum Gasteiger partial charge on any atom is 0.296 e. The molecular formula is C22H15ClN2O7. The lowest BCUT2D eigenvalue weighted by molar-refractivity contribution is -0.384. The van der Waals surface area contributed by atoms with Crippen molar-refractivity contribution in [2.45, 2.75) is 12.6 Å². The van der Waals surface area contributed by atoms with Crippen LogP contribution in [0.4, 0.5) is 5.69 Å². The fourth-order valence-corrected chi connectivity index (χ4v) is 3.76. The fourth-order valence-electron chi connectivity index (χ4n) is 3.58. The van der Waals surface area contributed by atoms with E-state index in [4.69, 9.17) is 16.0 Å². The van der Waals surface area contributed by atoms with Gasteiger partial charge < -0.3 is 19.5 Å². The van der Waals surface area contributed by atoms with E-state index in [1.165, 1.54) is 47.6 Å². The molecule has 10 heteroatoms. The number of aliphatic hydroxyl groups excluding tert-OH is 1. The van der Waals surface area contributed by atoms with Crippen LogP contribution in [0.3, 0.4) is 0 Å². The summed E-state index contributed by atoms with van der Waals surface area (Å²) < 4.78 is 5.30. The van der Waals surface area contributed by atoms with Gasteiger partial charge in [0.05, 0.1) is 34.4 Å². The lowest BCUT2D eigenvalue weighted by atomic mass is 9.95. The van der Waals surface area contributed by atoms with Gasteiger partial charge in [-0.1, -0.05) is 29.8 Å². The maximum atomic E-state index is 13.0. The van der Waals surface area contributed by atoms with Crippen molar-refractivity contribution in [2.24, 2.45) is 0 Å². The fraction of sp³-hybridized carbons (Fsp3) is 0.0909. The van der Waals surface area contributed by atoms with Crippen LogP contribution >= 0.6 is 11.6 Å². The number of Topliss-reactive ketones (excluding diaryl/α,β-unsaturated/α-hetero) is 1. The van der Waals surface area contributed by atoms with Gasteiger partial charge in [-0.2, -0.15) is 0 Å². The Bertz CT molecular complexity index is 1270. The average molecular weight is 455 g/mol. The highest BCUT2D eigenvalue weighted by Gasteiger charge is 2.46. The van der Waals surface area contributed by atoms with Gasteiger partial charge in [-0.25, -0.2) is 0 Å². The monoisotopic (exact) mass is 454 g/mol. The van der Waals surface area contributed by atoms with E-state index in [-0.39, 0.29) is 34.1 Å². The number of amides is 1. The average Bonchev–Trinajstić information content (AvgIpc) is 3.38. The summed E-state index contributed by atoms with van der Waals surface area (Å²) in [6, 6.07) is 11.4. The van der Waals surface area contributed by atoms with Crippen molar-refractivity contribution < 1.29 is 29.1 Å². The number of furan rings is 1. The number of hydrogen-bond acceptors (Lipinski definition) is 7. The Morgan fingerprint density at radius 2 is 1.94 bits per heavy atom. The highest BCUT2D eigenvalue weighted by Crippen LogP contribution is 2.42. The van der Waals surface area contributed by atoms with Gasteiger partial charge in [0.1, 0.15) is 17.3 Å². The van der Waals surface area contributed by atoms with Crippen molar-refractivity contribution in [3.05, 3.63) is 98.5 Å². The molecule has 162 valence electrons. The highest BCUT2D eigenvalue weighted by molar-refractivity contribution is 6.46. The van der Waals surface area contributed by atoms with Gasteiger partial charge in [0, 0.05) is 17.7 Å². The zero-order valence-corrected chi connectivity index (χ0v) is 17.0. The standard InChI is InChI=1S/C22H15ClN2O7/c23-16-10-12(6-7-17(16)26)19-18(20(27)13-3-1-4-14(9-13)25(30)31)21(28)22(29)24(19)11-15-5-2-8-32-15/h1-10,19,26-27H,11H2/b20-18-. The lowest BCUT2D eigenvalue weighted by Gasteiger charge is -2.24. The maximum absolute atomic E-state index is 13.0. The molecule has 2 N–H and O–H groups in total. The molecule has 1 amide bonds. The first-order valence-electron chi connectivity index (χ1n) is 9.32. The number of ketones is 1. The third kappa shape index (κ3) is 3.69. The zero-order valence-electron chi connectivity index (χ0n) is 16.3. The van der Waals surface area contributed by atoms with Gasteiger partial charge in [-0.15, -0.1) is 0 Å². The normalized spacial score (nSPS) is 17.7. The molecule has 0 bridgehead atoms. The Morgan fingerprint density at radius 1 is 1.16 bits per heavy atom. The number of phenolic OH excluding ortho intramolecular Hbond substituents is 1. The van der Waals surface area contributed by atoms with Gasteiger partial charge in [0.25, 0.3) is 17.4 Å². The Hall–Kier alpha value is -4.11. The minimum absolute atomic E-state index is 0.00470. The molecule has 1 aliphatic rings. The van der Waals surface area contributed by atoms with Crippen LogP contribution in [-0.4, -0.2) is 31.7 Å². The van der Waals surface area contributed by atoms with Crippen molar-refractivity contribution in [3.63, 3.8) is 0 Å². The second-order valence-electron chi connectivity index (χ2n) is 7.02. The van der Waals surface area contributed by atoms with Crippen molar-refractivity contribution in [1.82, 2.24) is 4.90 Å². The van der Waals surface area contributed by atoms with E-state index in [0.717, 1.165) is 6.07 Å². The number of halogens is 1. The van der Waals surface area contributed by atoms with Crippen LogP contribution < -0.4 is 0 Å². The number of aromatic hydroxyl groups is 1. The van der Waals surface area contributed by atoms with Crippen LogP contribution in [0.25, 0.3) is 5.76 Å². The van der Waals surface area contributed by atoms with E-state index in [9.17, 15) is 29.9 Å². The van der Waals surface area contributed by atoms with Gasteiger partial charge >= 0.3 is 0 Å². The molecule has 9 nitrogen and oxygen atoms in total. The van der Waals surface area contributed by atoms with Gasteiger partial charge in [-0.05, 0) is 29.8 Å². The quantitative estimate of drug-likeness (QED) is 0.194. The zero-order chi connectivity index (χ0) is 23.0. The van der Waals surface area contributed by atoms with E-state index >= 15 is 0 Å². The first-order valence-corrected chi connectivity index (χ1v) is 9.69. The largest absolute Gasteiger partial charge is 0.507 e. The summed E-state index contributed by atoms with van der Waals surface area (Å²) >= 11 is 6.04. The van der Waals surface area contributed by atoms with E-state index < -0.39 is 28.4 Å². The Balaban J connectivity index is 1.90. The Kier molecular flexibility index (Phi) is 5.41. The molecular weight excluding hydrogens is 440 g/mol. The first-order chi connectivity index (χ1) is 15.3. The Labute approximate surface area is 185 Å². The molecule has 32 heavy (non-hydrogen) atoms. The molecule has 2 heterocycles. The summed E-state index contributed by atoms with van der Waals surface area (Å²) in [5.74, 6) is -2.21. The van der Waals surface area contributed by atoms with E-state index in [1.54, 1.807) is 12.1 Å². The predicted octanol–water partition coefficient (Wildman–Crippen LogP) is 4.17. The van der Waals surface area contributed by atoms with Gasteiger partial charge in [0.15, 0.2) is 0 Å². The second-order valence-corrected chi connectivity index (χ2v) is 7.43. The first kappa shape index (κ1) is 21.1. The topological polar surface area (TPSA) is 134 Å².